The second-order valence-electron chi connectivity index (χ2n) is 3.54. The molecule has 0 radical (unpaired) electrons. The van der Waals surface area contributed by atoms with Gasteiger partial charge < -0.3 is 11.1 Å². The second-order valence-corrected chi connectivity index (χ2v) is 3.54. The molecule has 0 fully saturated rings. The van der Waals surface area contributed by atoms with Crippen LogP contribution in [-0.4, -0.2) is 27.1 Å². The lowest BCUT2D eigenvalue weighted by atomic mass is 10.1. The Morgan fingerprint density at radius 3 is 3.13 bits per heavy atom. The van der Waals surface area contributed by atoms with Gasteiger partial charge in [0.1, 0.15) is 12.2 Å². The molecule has 0 spiro atoms. The van der Waals surface area contributed by atoms with Gasteiger partial charge in [0.2, 0.25) is 5.91 Å². The number of rotatable bonds is 3. The summed E-state index contributed by atoms with van der Waals surface area (Å²) in [7, 11) is 0. The van der Waals surface area contributed by atoms with E-state index in [9.17, 15) is 4.79 Å². The molecule has 0 saturated heterocycles. The number of carbonyl (C=O) groups is 1. The number of aromatic nitrogens is 3. The predicted molar refractivity (Wildman–Crippen MR) is 53.5 cm³/mol. The lowest BCUT2D eigenvalue weighted by molar-refractivity contribution is -0.123. The van der Waals surface area contributed by atoms with Crippen molar-refractivity contribution in [1.82, 2.24) is 20.5 Å². The van der Waals surface area contributed by atoms with Crippen molar-refractivity contribution in [1.29, 1.82) is 0 Å². The summed E-state index contributed by atoms with van der Waals surface area (Å²) in [6.45, 7) is 0.373. The van der Waals surface area contributed by atoms with Crippen molar-refractivity contribution in [2.45, 2.75) is 19.0 Å². The summed E-state index contributed by atoms with van der Waals surface area (Å²) < 4.78 is 0. The summed E-state index contributed by atoms with van der Waals surface area (Å²) in [6.07, 6.45) is 5.80. The van der Waals surface area contributed by atoms with E-state index in [-0.39, 0.29) is 17.9 Å². The van der Waals surface area contributed by atoms with Crippen LogP contribution in [0.25, 0.3) is 0 Å². The van der Waals surface area contributed by atoms with Crippen molar-refractivity contribution < 1.29 is 4.79 Å². The highest BCUT2D eigenvalue weighted by Crippen LogP contribution is 2.16. The molecule has 0 bridgehead atoms. The van der Waals surface area contributed by atoms with Gasteiger partial charge in [-0.2, -0.15) is 5.10 Å². The first kappa shape index (κ1) is 9.85. The number of nitrogens with one attached hydrogen (secondary N) is 2. The molecule has 15 heavy (non-hydrogen) atoms. The minimum atomic E-state index is -0.108. The molecule has 2 unspecified atom stereocenters. The van der Waals surface area contributed by atoms with Gasteiger partial charge in [-0.3, -0.25) is 9.89 Å². The molecule has 2 rings (SSSR count). The molecule has 1 heterocycles. The topological polar surface area (TPSA) is 96.7 Å². The van der Waals surface area contributed by atoms with Crippen LogP contribution in [0.4, 0.5) is 0 Å². The molecule has 2 atom stereocenters. The van der Waals surface area contributed by atoms with E-state index < -0.39 is 0 Å². The van der Waals surface area contributed by atoms with Gasteiger partial charge in [0.15, 0.2) is 0 Å². The van der Waals surface area contributed by atoms with E-state index in [1.54, 1.807) is 0 Å². The number of hydrogen-bond donors (Lipinski definition) is 3. The minimum Gasteiger partial charge on any atom is -0.348 e. The second kappa shape index (κ2) is 4.22. The molecule has 6 nitrogen and oxygen atoms in total. The van der Waals surface area contributed by atoms with Gasteiger partial charge in [0, 0.05) is 6.04 Å². The monoisotopic (exact) mass is 207 g/mol. The maximum absolute atomic E-state index is 11.6. The SMILES string of the molecule is NC1C=CC(C(=O)NCc2ncn[nH]2)C1. The van der Waals surface area contributed by atoms with Crippen molar-refractivity contribution in [3.8, 4) is 0 Å². The Morgan fingerprint density at radius 1 is 1.67 bits per heavy atom. The highest BCUT2D eigenvalue weighted by molar-refractivity contribution is 5.80. The summed E-state index contributed by atoms with van der Waals surface area (Å²) in [4.78, 5) is 15.5. The van der Waals surface area contributed by atoms with E-state index in [1.165, 1.54) is 6.33 Å². The summed E-state index contributed by atoms with van der Waals surface area (Å²) in [5, 5.41) is 9.13. The number of carbonyl (C=O) groups excluding carboxylic acids is 1. The van der Waals surface area contributed by atoms with E-state index in [0.29, 0.717) is 18.8 Å². The van der Waals surface area contributed by atoms with Crippen molar-refractivity contribution >= 4 is 5.91 Å². The van der Waals surface area contributed by atoms with Crippen LogP contribution in [0, 0.1) is 5.92 Å². The van der Waals surface area contributed by atoms with Gasteiger partial charge in [0.25, 0.3) is 0 Å². The van der Waals surface area contributed by atoms with Crippen LogP contribution in [0.3, 0.4) is 0 Å². The maximum Gasteiger partial charge on any atom is 0.227 e. The standard InChI is InChI=1S/C9H13N5O/c10-7-2-1-6(3-7)9(15)11-4-8-12-5-13-14-8/h1-2,5-7H,3-4,10H2,(H,11,15)(H,12,13,14). The number of nitrogens with zero attached hydrogens (tertiary/aromatic N) is 2. The fraction of sp³-hybridized carbons (Fsp3) is 0.444. The number of nitrogens with two attached hydrogens (primary N) is 1. The summed E-state index contributed by atoms with van der Waals surface area (Å²) >= 11 is 0. The Hall–Kier alpha value is -1.69. The zero-order chi connectivity index (χ0) is 10.7. The molecule has 1 aromatic heterocycles. The van der Waals surface area contributed by atoms with E-state index in [0.717, 1.165) is 0 Å². The first-order valence-electron chi connectivity index (χ1n) is 4.81. The highest BCUT2D eigenvalue weighted by atomic mass is 16.1. The van der Waals surface area contributed by atoms with Crippen LogP contribution in [0.2, 0.25) is 0 Å². The van der Waals surface area contributed by atoms with Gasteiger partial charge in [0.05, 0.1) is 12.5 Å². The van der Waals surface area contributed by atoms with Gasteiger partial charge in [-0.25, -0.2) is 4.98 Å². The van der Waals surface area contributed by atoms with E-state index in [2.05, 4.69) is 20.5 Å². The fourth-order valence-corrected chi connectivity index (χ4v) is 1.54. The van der Waals surface area contributed by atoms with Crippen molar-refractivity contribution in [3.63, 3.8) is 0 Å². The zero-order valence-electron chi connectivity index (χ0n) is 8.18. The normalized spacial score (nSPS) is 24.3. The smallest absolute Gasteiger partial charge is 0.227 e. The molecular formula is C9H13N5O. The van der Waals surface area contributed by atoms with Crippen LogP contribution in [0.15, 0.2) is 18.5 Å². The molecule has 1 aliphatic carbocycles. The number of aromatic amines is 1. The first-order chi connectivity index (χ1) is 7.25. The van der Waals surface area contributed by atoms with E-state index in [4.69, 9.17) is 5.73 Å². The molecule has 0 aliphatic heterocycles. The molecule has 1 aliphatic rings. The third-order valence-electron chi connectivity index (χ3n) is 2.35. The number of H-pyrrole nitrogens is 1. The van der Waals surface area contributed by atoms with E-state index in [1.807, 2.05) is 12.2 Å². The molecule has 4 N–H and O–H groups in total. The summed E-state index contributed by atoms with van der Waals surface area (Å²) in [5.41, 5.74) is 5.66. The van der Waals surface area contributed by atoms with Crippen molar-refractivity contribution in [2.75, 3.05) is 0 Å². The average Bonchev–Trinajstić information content (AvgIpc) is 2.84. The summed E-state index contributed by atoms with van der Waals surface area (Å²) in [6, 6.07) is 0.00558. The molecule has 0 saturated carbocycles. The number of amides is 1. The third kappa shape index (κ3) is 2.41. The molecule has 1 aromatic rings. The minimum absolute atomic E-state index is 0.00558. The van der Waals surface area contributed by atoms with Gasteiger partial charge >= 0.3 is 0 Å². The lowest BCUT2D eigenvalue weighted by Crippen LogP contribution is -2.30. The fourth-order valence-electron chi connectivity index (χ4n) is 1.54. The third-order valence-corrected chi connectivity index (χ3v) is 2.35. The van der Waals surface area contributed by atoms with Gasteiger partial charge in [-0.1, -0.05) is 12.2 Å². The zero-order valence-corrected chi connectivity index (χ0v) is 8.18. The van der Waals surface area contributed by atoms with Crippen LogP contribution in [-0.2, 0) is 11.3 Å². The largest absolute Gasteiger partial charge is 0.348 e. The Bertz CT molecular complexity index is 359. The molecule has 6 heteroatoms. The quantitative estimate of drug-likeness (QED) is 0.572. The van der Waals surface area contributed by atoms with Crippen molar-refractivity contribution in [2.24, 2.45) is 11.7 Å². The van der Waals surface area contributed by atoms with E-state index >= 15 is 0 Å². The lowest BCUT2D eigenvalue weighted by Gasteiger charge is -2.08. The van der Waals surface area contributed by atoms with Gasteiger partial charge in [-0.05, 0) is 6.42 Å². The Morgan fingerprint density at radius 2 is 2.53 bits per heavy atom. The van der Waals surface area contributed by atoms with Crippen LogP contribution in [0.5, 0.6) is 0 Å². The highest BCUT2D eigenvalue weighted by Gasteiger charge is 2.22. The Balaban J connectivity index is 1.81. The Labute approximate surface area is 87.0 Å². The maximum atomic E-state index is 11.6. The van der Waals surface area contributed by atoms with Crippen molar-refractivity contribution in [3.05, 3.63) is 24.3 Å². The average molecular weight is 207 g/mol. The molecule has 0 aromatic carbocycles. The molecule has 80 valence electrons. The summed E-state index contributed by atoms with van der Waals surface area (Å²) in [5.74, 6) is 0.521. The van der Waals surface area contributed by atoms with Crippen LogP contribution < -0.4 is 11.1 Å². The molecular weight excluding hydrogens is 194 g/mol. The van der Waals surface area contributed by atoms with Crippen LogP contribution >= 0.6 is 0 Å². The predicted octanol–water partition coefficient (Wildman–Crippen LogP) is -0.676. The number of hydrogen-bond acceptors (Lipinski definition) is 4. The first-order valence-corrected chi connectivity index (χ1v) is 4.81. The molecule has 1 amide bonds. The van der Waals surface area contributed by atoms with Gasteiger partial charge in [-0.15, -0.1) is 0 Å². The van der Waals surface area contributed by atoms with Crippen LogP contribution in [0.1, 0.15) is 12.2 Å². The Kier molecular flexibility index (Phi) is 2.77.